The Labute approximate surface area is 199 Å². The molecule has 0 fully saturated rings. The lowest BCUT2D eigenvalue weighted by molar-refractivity contribution is 0.199. The summed E-state index contributed by atoms with van der Waals surface area (Å²) in [5.74, 6) is 0.992. The normalized spacial score (nSPS) is 16.1. The van der Waals surface area contributed by atoms with E-state index >= 15 is 0 Å². The number of urea groups is 1. The van der Waals surface area contributed by atoms with Gasteiger partial charge in [-0.25, -0.2) is 9.18 Å². The first kappa shape index (κ1) is 22.0. The highest BCUT2D eigenvalue weighted by Gasteiger charge is 2.36. The van der Waals surface area contributed by atoms with Gasteiger partial charge in [0.2, 0.25) is 5.82 Å². The fourth-order valence-corrected chi connectivity index (χ4v) is 4.31. The average Bonchev–Trinajstić information content (AvgIpc) is 3.54. The molecule has 2 amide bonds. The van der Waals surface area contributed by atoms with Gasteiger partial charge in [-0.15, -0.1) is 11.8 Å². The van der Waals surface area contributed by atoms with Crippen LogP contribution in [0.5, 0.6) is 0 Å². The van der Waals surface area contributed by atoms with Gasteiger partial charge >= 0.3 is 6.03 Å². The number of rotatable bonds is 6. The standard InChI is InChI=1S/C25H21FN4O3S/c1-15-21(24-28-23(29-33-24)17-7-11-20(34-2)12-8-17)22(16-5-9-18(26)10-6-16)27-25(31)30(15)14-19-4-3-13-32-19/h3-13,22H,14H2,1-2H3,(H,27,31). The fourth-order valence-electron chi connectivity index (χ4n) is 3.90. The van der Waals surface area contributed by atoms with Gasteiger partial charge in [0.05, 0.1) is 24.4 Å². The van der Waals surface area contributed by atoms with Crippen molar-refractivity contribution in [3.05, 3.63) is 95.7 Å². The van der Waals surface area contributed by atoms with Gasteiger partial charge in [-0.3, -0.25) is 4.90 Å². The van der Waals surface area contributed by atoms with Crippen molar-refractivity contribution in [2.24, 2.45) is 0 Å². The number of hydrogen-bond donors (Lipinski definition) is 1. The Bertz CT molecular complexity index is 1330. The Hall–Kier alpha value is -3.85. The molecule has 0 radical (unpaired) electrons. The summed E-state index contributed by atoms with van der Waals surface area (Å²) in [6.45, 7) is 2.06. The predicted octanol–water partition coefficient (Wildman–Crippen LogP) is 5.89. The minimum absolute atomic E-state index is 0.238. The molecule has 5 rings (SSSR count). The second-order valence-electron chi connectivity index (χ2n) is 7.75. The van der Waals surface area contributed by atoms with E-state index in [1.165, 1.54) is 12.1 Å². The predicted molar refractivity (Wildman–Crippen MR) is 126 cm³/mol. The van der Waals surface area contributed by atoms with Gasteiger partial charge in [0.15, 0.2) is 0 Å². The Balaban J connectivity index is 1.58. The highest BCUT2D eigenvalue weighted by atomic mass is 32.2. The largest absolute Gasteiger partial charge is 0.467 e. The van der Waals surface area contributed by atoms with Crippen LogP contribution in [0.3, 0.4) is 0 Å². The third-order valence-electron chi connectivity index (χ3n) is 5.70. The van der Waals surface area contributed by atoms with Crippen molar-refractivity contribution >= 4 is 23.4 Å². The van der Waals surface area contributed by atoms with Crippen LogP contribution in [0.2, 0.25) is 0 Å². The summed E-state index contributed by atoms with van der Waals surface area (Å²) in [6, 6.07) is 16.5. The number of aromatic nitrogens is 2. The van der Waals surface area contributed by atoms with Crippen molar-refractivity contribution < 1.29 is 18.1 Å². The Morgan fingerprint density at radius 3 is 2.56 bits per heavy atom. The van der Waals surface area contributed by atoms with Gasteiger partial charge in [-0.05, 0) is 67.3 Å². The number of nitrogens with one attached hydrogen (secondary N) is 1. The molecule has 1 aliphatic rings. The number of nitrogens with zero attached hydrogens (tertiary/aromatic N) is 3. The third kappa shape index (κ3) is 4.22. The van der Waals surface area contributed by atoms with Crippen molar-refractivity contribution in [2.45, 2.75) is 24.4 Å². The molecule has 1 unspecified atom stereocenters. The van der Waals surface area contributed by atoms with E-state index in [0.29, 0.717) is 28.4 Å². The molecule has 0 aliphatic carbocycles. The molecule has 4 aromatic rings. The first-order valence-electron chi connectivity index (χ1n) is 10.6. The van der Waals surface area contributed by atoms with Crippen molar-refractivity contribution in [1.82, 2.24) is 20.4 Å². The summed E-state index contributed by atoms with van der Waals surface area (Å²) in [5, 5.41) is 7.17. The van der Waals surface area contributed by atoms with Crippen molar-refractivity contribution in [3.63, 3.8) is 0 Å². The lowest BCUT2D eigenvalue weighted by Gasteiger charge is -2.34. The maximum atomic E-state index is 13.6. The summed E-state index contributed by atoms with van der Waals surface area (Å²) >= 11 is 1.65. The molecule has 3 heterocycles. The maximum Gasteiger partial charge on any atom is 0.322 e. The molecule has 172 valence electrons. The number of benzene rings is 2. The van der Waals surface area contributed by atoms with E-state index in [9.17, 15) is 9.18 Å². The number of allylic oxidation sites excluding steroid dienone is 1. The molecule has 1 N–H and O–H groups in total. The molecule has 7 nitrogen and oxygen atoms in total. The zero-order chi connectivity index (χ0) is 23.7. The van der Waals surface area contributed by atoms with Crippen LogP contribution in [-0.2, 0) is 6.54 Å². The second-order valence-corrected chi connectivity index (χ2v) is 8.63. The average molecular weight is 477 g/mol. The zero-order valence-electron chi connectivity index (χ0n) is 18.5. The van der Waals surface area contributed by atoms with E-state index in [1.807, 2.05) is 37.4 Å². The summed E-state index contributed by atoms with van der Waals surface area (Å²) < 4.78 is 24.7. The topological polar surface area (TPSA) is 84.4 Å². The summed E-state index contributed by atoms with van der Waals surface area (Å²) in [5.41, 5.74) is 2.79. The Morgan fingerprint density at radius 1 is 1.12 bits per heavy atom. The number of amides is 2. The Morgan fingerprint density at radius 2 is 1.88 bits per heavy atom. The maximum absolute atomic E-state index is 13.6. The van der Waals surface area contributed by atoms with Crippen LogP contribution >= 0.6 is 11.8 Å². The van der Waals surface area contributed by atoms with Crippen LogP contribution in [0.1, 0.15) is 30.2 Å². The molecule has 2 aromatic carbocycles. The van der Waals surface area contributed by atoms with Gasteiger partial charge in [0, 0.05) is 16.2 Å². The second kappa shape index (κ2) is 9.18. The van der Waals surface area contributed by atoms with Gasteiger partial charge in [0.1, 0.15) is 11.6 Å². The van der Waals surface area contributed by atoms with Crippen molar-refractivity contribution in [1.29, 1.82) is 0 Å². The van der Waals surface area contributed by atoms with Gasteiger partial charge in [-0.1, -0.05) is 17.3 Å². The monoisotopic (exact) mass is 476 g/mol. The molecule has 0 saturated carbocycles. The Kier molecular flexibility index (Phi) is 5.93. The van der Waals surface area contributed by atoms with Crippen molar-refractivity contribution in [2.75, 3.05) is 6.26 Å². The van der Waals surface area contributed by atoms with Crippen LogP contribution in [0.4, 0.5) is 9.18 Å². The quantitative estimate of drug-likeness (QED) is 0.350. The number of carbonyl (C=O) groups excluding carboxylic acids is 1. The first-order valence-corrected chi connectivity index (χ1v) is 11.8. The van der Waals surface area contributed by atoms with Crippen molar-refractivity contribution in [3.8, 4) is 11.4 Å². The number of halogens is 1. The lowest BCUT2D eigenvalue weighted by Crippen LogP contribution is -2.45. The number of furan rings is 1. The molecule has 0 spiro atoms. The first-order chi connectivity index (χ1) is 16.5. The van der Waals surface area contributed by atoms with E-state index in [4.69, 9.17) is 8.94 Å². The fraction of sp³-hybridized carbons (Fsp3) is 0.160. The molecule has 1 atom stereocenters. The highest BCUT2D eigenvalue weighted by Crippen LogP contribution is 2.38. The van der Waals surface area contributed by atoms with Crippen LogP contribution in [-0.4, -0.2) is 27.3 Å². The minimum atomic E-state index is -0.590. The lowest BCUT2D eigenvalue weighted by atomic mass is 9.94. The van der Waals surface area contributed by atoms with Crippen LogP contribution < -0.4 is 5.32 Å². The van der Waals surface area contributed by atoms with Gasteiger partial charge in [0.25, 0.3) is 5.89 Å². The molecule has 0 saturated heterocycles. The van der Waals surface area contributed by atoms with Crippen LogP contribution in [0, 0.1) is 5.82 Å². The summed E-state index contributed by atoms with van der Waals surface area (Å²) in [4.78, 5) is 20.4. The van der Waals surface area contributed by atoms with Gasteiger partial charge < -0.3 is 14.3 Å². The number of thioether (sulfide) groups is 1. The zero-order valence-corrected chi connectivity index (χ0v) is 19.3. The molecule has 1 aliphatic heterocycles. The summed E-state index contributed by atoms with van der Waals surface area (Å²) in [7, 11) is 0. The number of carbonyl (C=O) groups is 1. The van der Waals surface area contributed by atoms with E-state index in [0.717, 1.165) is 10.5 Å². The highest BCUT2D eigenvalue weighted by molar-refractivity contribution is 7.98. The molecule has 34 heavy (non-hydrogen) atoms. The van der Waals surface area contributed by atoms with E-state index in [-0.39, 0.29) is 24.3 Å². The number of hydrogen-bond acceptors (Lipinski definition) is 6. The smallest absolute Gasteiger partial charge is 0.322 e. The molecule has 0 bridgehead atoms. The van der Waals surface area contributed by atoms with Crippen LogP contribution in [0.25, 0.3) is 17.0 Å². The molecular formula is C25H21FN4O3S. The molecule has 2 aromatic heterocycles. The van der Waals surface area contributed by atoms with E-state index in [2.05, 4.69) is 15.5 Å². The minimum Gasteiger partial charge on any atom is -0.467 e. The molecule has 9 heteroatoms. The third-order valence-corrected chi connectivity index (χ3v) is 6.44. The summed E-state index contributed by atoms with van der Waals surface area (Å²) in [6.07, 6.45) is 3.57. The van der Waals surface area contributed by atoms with E-state index in [1.54, 1.807) is 47.2 Å². The molecular weight excluding hydrogens is 455 g/mol. The van der Waals surface area contributed by atoms with Crippen LogP contribution in [0.15, 0.2) is 86.5 Å². The van der Waals surface area contributed by atoms with Gasteiger partial charge in [-0.2, -0.15) is 4.98 Å². The SMILES string of the molecule is CSc1ccc(-c2noc(C3=C(C)N(Cc4ccco4)C(=O)NC3c3ccc(F)cc3)n2)cc1. The van der Waals surface area contributed by atoms with E-state index < -0.39 is 6.04 Å².